The third-order valence-electron chi connectivity index (χ3n) is 8.43. The quantitative estimate of drug-likeness (QED) is 0.592. The molecule has 0 aromatic heterocycles. The third-order valence-corrected chi connectivity index (χ3v) is 10.3. The number of rotatable bonds is 6. The van der Waals surface area contributed by atoms with Crippen LogP contribution in [0, 0.1) is 22.7 Å². The predicted molar refractivity (Wildman–Crippen MR) is 135 cm³/mol. The van der Waals surface area contributed by atoms with Crippen molar-refractivity contribution in [2.45, 2.75) is 71.9 Å². The minimum Gasteiger partial charge on any atom is -0.444 e. The van der Waals surface area contributed by atoms with Gasteiger partial charge in [0, 0.05) is 5.41 Å². The maximum Gasteiger partial charge on any atom is 0.408 e. The van der Waals surface area contributed by atoms with Gasteiger partial charge in [-0.25, -0.2) is 21.9 Å². The van der Waals surface area contributed by atoms with Crippen LogP contribution in [0.1, 0.15) is 59.4 Å². The highest BCUT2D eigenvalue weighted by atomic mass is 32.2. The van der Waals surface area contributed by atoms with Crippen LogP contribution in [0.5, 0.6) is 0 Å². The van der Waals surface area contributed by atoms with Crippen LogP contribution < -0.4 is 5.32 Å². The molecule has 1 aromatic carbocycles. The summed E-state index contributed by atoms with van der Waals surface area (Å²) in [4.78, 5) is 25.8. The molecule has 2 amide bonds. The smallest absolute Gasteiger partial charge is 0.408 e. The molecule has 1 spiro atoms. The number of alkyl carbamates (subject to hydrolysis) is 1. The maximum atomic E-state index is 15.0. The van der Waals surface area contributed by atoms with Crippen molar-refractivity contribution < 1.29 is 27.1 Å². The topological polar surface area (TPSA) is 92.8 Å². The Morgan fingerprint density at radius 3 is 2.53 bits per heavy atom. The number of nitrogens with one attached hydrogen (secondary N) is 1. The number of nitrogens with zero attached hydrogens (tertiary/aromatic N) is 1. The number of benzene rings is 1. The number of carbonyl (C=O) groups is 2. The second-order valence-electron chi connectivity index (χ2n) is 12.0. The Morgan fingerprint density at radius 1 is 1.25 bits per heavy atom. The average Bonchev–Trinajstić information content (AvgIpc) is 3.24. The molecule has 2 bridgehead atoms. The lowest BCUT2D eigenvalue weighted by Gasteiger charge is -2.37. The molecule has 2 aliphatic carbocycles. The molecule has 0 radical (unpaired) electrons. The normalized spacial score (nSPS) is 29.1. The summed E-state index contributed by atoms with van der Waals surface area (Å²) < 4.78 is 48.0. The minimum atomic E-state index is -3.84. The Morgan fingerprint density at radius 2 is 1.92 bits per heavy atom. The van der Waals surface area contributed by atoms with E-state index in [4.69, 9.17) is 4.74 Å². The largest absolute Gasteiger partial charge is 0.444 e. The number of sulfonamides is 1. The summed E-state index contributed by atoms with van der Waals surface area (Å²) in [5.41, 5.74) is -0.568. The molecule has 198 valence electrons. The van der Waals surface area contributed by atoms with E-state index in [9.17, 15) is 22.4 Å². The fraction of sp³-hybridized carbons (Fsp3) is 0.630. The van der Waals surface area contributed by atoms with Gasteiger partial charge in [-0.2, -0.15) is 0 Å². The van der Waals surface area contributed by atoms with Crippen molar-refractivity contribution in [1.29, 1.82) is 0 Å². The van der Waals surface area contributed by atoms with E-state index < -0.39 is 57.4 Å². The van der Waals surface area contributed by atoms with Crippen molar-refractivity contribution in [3.05, 3.63) is 47.8 Å². The molecule has 3 fully saturated rings. The summed E-state index contributed by atoms with van der Waals surface area (Å²) in [6.45, 7) is 8.90. The molecule has 1 aliphatic heterocycles. The molecule has 4 rings (SSSR count). The van der Waals surface area contributed by atoms with Crippen molar-refractivity contribution in [2.75, 3.05) is 12.3 Å². The zero-order valence-corrected chi connectivity index (χ0v) is 22.5. The lowest BCUT2D eigenvalue weighted by atomic mass is 9.69. The molecule has 7 nitrogen and oxygen atoms in total. The second kappa shape index (κ2) is 9.15. The summed E-state index contributed by atoms with van der Waals surface area (Å²) in [7, 11) is -3.84. The first kappa shape index (κ1) is 26.6. The van der Waals surface area contributed by atoms with Crippen LogP contribution in [0.25, 0.3) is 0 Å². The first-order valence-electron chi connectivity index (χ1n) is 12.6. The second-order valence-corrected chi connectivity index (χ2v) is 13.9. The Balaban J connectivity index is 1.60. The lowest BCUT2D eigenvalue weighted by molar-refractivity contribution is -0.131. The van der Waals surface area contributed by atoms with Gasteiger partial charge >= 0.3 is 6.09 Å². The molecule has 4 atom stereocenters. The lowest BCUT2D eigenvalue weighted by Crippen LogP contribution is -2.46. The van der Waals surface area contributed by atoms with Gasteiger partial charge in [0.25, 0.3) is 0 Å². The van der Waals surface area contributed by atoms with E-state index in [2.05, 4.69) is 19.2 Å². The number of halogens is 1. The first-order chi connectivity index (χ1) is 16.7. The fourth-order valence-corrected chi connectivity index (χ4v) is 9.16. The summed E-state index contributed by atoms with van der Waals surface area (Å²) in [5, 5.41) is 2.35. The van der Waals surface area contributed by atoms with E-state index in [1.165, 1.54) is 0 Å². The summed E-state index contributed by atoms with van der Waals surface area (Å²) in [6, 6.07) is 8.74. The Bertz CT molecular complexity index is 1160. The average molecular weight is 521 g/mol. The number of hydrogen-bond donors (Lipinski definition) is 1. The van der Waals surface area contributed by atoms with Gasteiger partial charge in [-0.15, -0.1) is 0 Å². The van der Waals surface area contributed by atoms with Crippen LogP contribution in [-0.4, -0.2) is 48.7 Å². The Labute approximate surface area is 213 Å². The van der Waals surface area contributed by atoms with E-state index in [1.807, 2.05) is 30.3 Å². The predicted octanol–water partition coefficient (Wildman–Crippen LogP) is 4.59. The molecule has 1 saturated heterocycles. The molecule has 36 heavy (non-hydrogen) atoms. The van der Waals surface area contributed by atoms with Gasteiger partial charge in [0.15, 0.2) is 0 Å². The molecule has 1 N–H and O–H groups in total. The zero-order chi connectivity index (χ0) is 26.5. The molecule has 2 saturated carbocycles. The van der Waals surface area contributed by atoms with E-state index >= 15 is 0 Å². The summed E-state index contributed by atoms with van der Waals surface area (Å²) >= 11 is 0. The van der Waals surface area contributed by atoms with Crippen LogP contribution in [0.2, 0.25) is 0 Å². The van der Waals surface area contributed by atoms with Crippen LogP contribution in [0.15, 0.2) is 42.2 Å². The summed E-state index contributed by atoms with van der Waals surface area (Å²) in [6.07, 6.45) is 2.93. The van der Waals surface area contributed by atoms with E-state index in [0.29, 0.717) is 12.3 Å². The molecule has 1 heterocycles. The fourth-order valence-electron chi connectivity index (χ4n) is 6.58. The highest BCUT2D eigenvalue weighted by Gasteiger charge is 2.72. The third kappa shape index (κ3) is 4.78. The Kier molecular flexibility index (Phi) is 6.77. The monoisotopic (exact) mass is 520 g/mol. The molecule has 0 unspecified atom stereocenters. The number of carbonyl (C=O) groups excluding carboxylic acids is 2. The van der Waals surface area contributed by atoms with Gasteiger partial charge < -0.3 is 10.1 Å². The highest BCUT2D eigenvalue weighted by Crippen LogP contribution is 2.70. The van der Waals surface area contributed by atoms with Crippen molar-refractivity contribution in [3.63, 3.8) is 0 Å². The van der Waals surface area contributed by atoms with Crippen LogP contribution in [0.3, 0.4) is 0 Å². The van der Waals surface area contributed by atoms with Crippen molar-refractivity contribution in [3.8, 4) is 0 Å². The molecular weight excluding hydrogens is 483 g/mol. The van der Waals surface area contributed by atoms with Crippen molar-refractivity contribution >= 4 is 22.0 Å². The van der Waals surface area contributed by atoms with Gasteiger partial charge in [-0.3, -0.25) is 4.79 Å². The number of ether oxygens (including phenoxy) is 1. The van der Waals surface area contributed by atoms with Crippen LogP contribution in [0.4, 0.5) is 9.18 Å². The van der Waals surface area contributed by atoms with Crippen LogP contribution >= 0.6 is 0 Å². The van der Waals surface area contributed by atoms with E-state index in [0.717, 1.165) is 28.8 Å². The zero-order valence-electron chi connectivity index (χ0n) is 21.7. The van der Waals surface area contributed by atoms with Crippen molar-refractivity contribution in [1.82, 2.24) is 9.62 Å². The standard InChI is InChI=1S/C27H37FN2O5S/c1-25(2,3)35-24(32)29-16-21(28)14-19(13-18-9-7-6-8-10-18)23(31)30-22-15-20-11-12-27(22,26(20,4)5)17-36(30,33)34/h6-10,14,19-20,22H,11-13,15-17H2,1-5H3,(H,29,32)/b21-14-/t19-,20-,22-,27-/m1/s1. The first-order valence-corrected chi connectivity index (χ1v) is 14.2. The van der Waals surface area contributed by atoms with Crippen LogP contribution in [-0.2, 0) is 26.0 Å². The molecule has 3 aliphatic rings. The van der Waals surface area contributed by atoms with Crippen molar-refractivity contribution in [2.24, 2.45) is 22.7 Å². The van der Waals surface area contributed by atoms with Gasteiger partial charge in [-0.1, -0.05) is 44.2 Å². The Hall–Kier alpha value is -2.42. The SMILES string of the molecule is CC(C)(C)OC(=O)NC/C(F)=C/[C@@H](Cc1ccccc1)C(=O)N1[C@@H]2C[C@H]3CC[C@]2(CS1(=O)=O)C3(C)C. The summed E-state index contributed by atoms with van der Waals surface area (Å²) in [5.74, 6) is -2.03. The van der Waals surface area contributed by atoms with E-state index in [-0.39, 0.29) is 17.6 Å². The maximum absolute atomic E-state index is 15.0. The minimum absolute atomic E-state index is 0.0373. The van der Waals surface area contributed by atoms with Gasteiger partial charge in [-0.05, 0) is 69.4 Å². The van der Waals surface area contributed by atoms with Gasteiger partial charge in [0.05, 0.1) is 24.3 Å². The van der Waals surface area contributed by atoms with E-state index in [1.54, 1.807) is 20.8 Å². The van der Waals surface area contributed by atoms with Gasteiger partial charge in [0.2, 0.25) is 15.9 Å². The molecule has 1 aromatic rings. The number of hydrogen-bond acceptors (Lipinski definition) is 5. The number of fused-ring (bicyclic) bond motifs is 1. The number of amides is 2. The highest BCUT2D eigenvalue weighted by molar-refractivity contribution is 7.90. The molecular formula is C27H37FN2O5S. The molecule has 9 heteroatoms. The van der Waals surface area contributed by atoms with Gasteiger partial charge in [0.1, 0.15) is 11.4 Å².